The summed E-state index contributed by atoms with van der Waals surface area (Å²) in [6, 6.07) is 11.5. The first-order chi connectivity index (χ1) is 16.7. The molecule has 186 valence electrons. The van der Waals surface area contributed by atoms with Gasteiger partial charge in [0.1, 0.15) is 5.82 Å². The number of pyridine rings is 1. The molecule has 1 aliphatic rings. The van der Waals surface area contributed by atoms with E-state index < -0.39 is 6.09 Å². The predicted octanol–water partition coefficient (Wildman–Crippen LogP) is 3.72. The summed E-state index contributed by atoms with van der Waals surface area (Å²) < 4.78 is 1.97. The molecule has 0 bridgehead atoms. The molecule has 2 atom stereocenters. The van der Waals surface area contributed by atoms with Crippen molar-refractivity contribution in [2.75, 3.05) is 25.0 Å². The number of nitrogens with one attached hydrogen (secondary N) is 2. The van der Waals surface area contributed by atoms with Gasteiger partial charge in [-0.3, -0.25) is 4.79 Å². The molecule has 9 heteroatoms. The van der Waals surface area contributed by atoms with Crippen molar-refractivity contribution >= 4 is 28.6 Å². The largest absolute Gasteiger partial charge is 0.465 e. The molecule has 1 fully saturated rings. The van der Waals surface area contributed by atoms with E-state index in [2.05, 4.69) is 36.4 Å². The van der Waals surface area contributed by atoms with Gasteiger partial charge in [-0.25, -0.2) is 9.78 Å². The number of hydrogen-bond donors (Lipinski definition) is 4. The van der Waals surface area contributed by atoms with E-state index >= 15 is 0 Å². The number of aromatic nitrogens is 2. The monoisotopic (exact) mass is 479 g/mol. The molecule has 2 aromatic heterocycles. The Balaban J connectivity index is 1.46. The minimum Gasteiger partial charge on any atom is -0.465 e. The van der Waals surface area contributed by atoms with E-state index in [9.17, 15) is 14.7 Å². The average molecular weight is 480 g/mol. The number of anilines is 1. The highest BCUT2D eigenvalue weighted by Gasteiger charge is 2.38. The predicted molar refractivity (Wildman–Crippen MR) is 135 cm³/mol. The maximum atomic E-state index is 12.2. The first-order valence-electron chi connectivity index (χ1n) is 11.9. The Kier molecular flexibility index (Phi) is 6.98. The molecule has 1 aromatic carbocycles. The van der Waals surface area contributed by atoms with Crippen LogP contribution in [-0.4, -0.2) is 68.4 Å². The summed E-state index contributed by atoms with van der Waals surface area (Å²) in [6.07, 6.45) is 4.36. The van der Waals surface area contributed by atoms with Crippen molar-refractivity contribution in [2.24, 2.45) is 5.41 Å². The second-order valence-electron chi connectivity index (χ2n) is 10.1. The summed E-state index contributed by atoms with van der Waals surface area (Å²) in [4.78, 5) is 30.1. The minimum atomic E-state index is -0.855. The van der Waals surface area contributed by atoms with E-state index in [1.165, 1.54) is 0 Å². The molecule has 9 nitrogen and oxygen atoms in total. The Morgan fingerprint density at radius 3 is 2.63 bits per heavy atom. The highest BCUT2D eigenvalue weighted by molar-refractivity contribution is 5.98. The van der Waals surface area contributed by atoms with E-state index in [1.54, 1.807) is 17.2 Å². The van der Waals surface area contributed by atoms with Gasteiger partial charge in [0.25, 0.3) is 5.91 Å². The van der Waals surface area contributed by atoms with Gasteiger partial charge in [0, 0.05) is 42.3 Å². The van der Waals surface area contributed by atoms with Gasteiger partial charge in [0.05, 0.1) is 24.0 Å². The van der Waals surface area contributed by atoms with E-state index in [0.717, 1.165) is 35.2 Å². The SMILES string of the molecule is CC(C)(C)C1CC(Nc2ccc(-n3ccc4cc(C(=O)NCCO)ccc43)nc2)CCN1C(=O)O. The third kappa shape index (κ3) is 5.40. The van der Waals surface area contributed by atoms with Gasteiger partial charge in [-0.05, 0) is 54.7 Å². The maximum absolute atomic E-state index is 12.2. The van der Waals surface area contributed by atoms with Gasteiger partial charge in [-0.2, -0.15) is 0 Å². The lowest BCUT2D eigenvalue weighted by atomic mass is 9.79. The molecular weight excluding hydrogens is 446 g/mol. The van der Waals surface area contributed by atoms with E-state index in [1.807, 2.05) is 41.1 Å². The van der Waals surface area contributed by atoms with Crippen LogP contribution in [0.5, 0.6) is 0 Å². The molecule has 0 spiro atoms. The fourth-order valence-corrected chi connectivity index (χ4v) is 4.75. The van der Waals surface area contributed by atoms with Crippen LogP contribution in [0.1, 0.15) is 44.0 Å². The molecule has 0 saturated carbocycles. The highest BCUT2D eigenvalue weighted by Crippen LogP contribution is 2.33. The first-order valence-corrected chi connectivity index (χ1v) is 11.9. The van der Waals surface area contributed by atoms with E-state index in [0.29, 0.717) is 12.1 Å². The second-order valence-corrected chi connectivity index (χ2v) is 10.1. The van der Waals surface area contributed by atoms with Crippen molar-refractivity contribution in [3.8, 4) is 5.82 Å². The zero-order valence-corrected chi connectivity index (χ0v) is 20.4. The third-order valence-corrected chi connectivity index (χ3v) is 6.56. The quantitative estimate of drug-likeness (QED) is 0.428. The number of fused-ring (bicyclic) bond motifs is 1. The molecule has 3 aromatic rings. The normalized spacial score (nSPS) is 18.5. The average Bonchev–Trinajstić information content (AvgIpc) is 3.25. The molecule has 2 amide bonds. The molecular formula is C26H33N5O4. The lowest BCUT2D eigenvalue weighted by Gasteiger charge is -2.44. The van der Waals surface area contributed by atoms with E-state index in [4.69, 9.17) is 5.11 Å². The fraction of sp³-hybridized carbons (Fsp3) is 0.423. The number of carbonyl (C=O) groups excluding carboxylic acids is 1. The Morgan fingerprint density at radius 1 is 1.17 bits per heavy atom. The van der Waals surface area contributed by atoms with Crippen molar-refractivity contribution in [2.45, 2.75) is 45.7 Å². The van der Waals surface area contributed by atoms with Gasteiger partial charge in [0.2, 0.25) is 0 Å². The summed E-state index contributed by atoms with van der Waals surface area (Å²) in [5.74, 6) is 0.543. The molecule has 2 unspecified atom stereocenters. The van der Waals surface area contributed by atoms with Crippen LogP contribution in [-0.2, 0) is 0 Å². The van der Waals surface area contributed by atoms with Gasteiger partial charge in [0.15, 0.2) is 0 Å². The molecule has 1 aliphatic heterocycles. The van der Waals surface area contributed by atoms with Gasteiger partial charge in [-0.15, -0.1) is 0 Å². The van der Waals surface area contributed by atoms with Crippen LogP contribution < -0.4 is 10.6 Å². The second kappa shape index (κ2) is 9.95. The molecule has 4 N–H and O–H groups in total. The third-order valence-electron chi connectivity index (χ3n) is 6.56. The first kappa shape index (κ1) is 24.5. The van der Waals surface area contributed by atoms with Crippen molar-refractivity contribution < 1.29 is 19.8 Å². The number of carbonyl (C=O) groups is 2. The molecule has 3 heterocycles. The summed E-state index contributed by atoms with van der Waals surface area (Å²) in [6.45, 7) is 6.88. The van der Waals surface area contributed by atoms with Gasteiger partial charge in [-0.1, -0.05) is 20.8 Å². The van der Waals surface area contributed by atoms with Gasteiger partial charge < -0.3 is 30.3 Å². The molecule has 35 heavy (non-hydrogen) atoms. The number of likely N-dealkylation sites (tertiary alicyclic amines) is 1. The summed E-state index contributed by atoms with van der Waals surface area (Å²) in [7, 11) is 0. The molecule has 1 saturated heterocycles. The number of piperidine rings is 1. The summed E-state index contributed by atoms with van der Waals surface area (Å²) in [5, 5.41) is 25.6. The van der Waals surface area contributed by atoms with Crippen molar-refractivity contribution in [1.82, 2.24) is 19.8 Å². The number of rotatable bonds is 6. The fourth-order valence-electron chi connectivity index (χ4n) is 4.75. The van der Waals surface area contributed by atoms with E-state index in [-0.39, 0.29) is 36.6 Å². The van der Waals surface area contributed by atoms with Crippen LogP contribution in [0, 0.1) is 5.41 Å². The van der Waals surface area contributed by atoms with Crippen LogP contribution in [0.15, 0.2) is 48.8 Å². The summed E-state index contributed by atoms with van der Waals surface area (Å²) >= 11 is 0. The maximum Gasteiger partial charge on any atom is 0.407 e. The summed E-state index contributed by atoms with van der Waals surface area (Å²) in [5.41, 5.74) is 2.23. The Labute approximate surface area is 204 Å². The smallest absolute Gasteiger partial charge is 0.407 e. The Morgan fingerprint density at radius 2 is 1.97 bits per heavy atom. The zero-order valence-electron chi connectivity index (χ0n) is 20.4. The van der Waals surface area contributed by atoms with Crippen molar-refractivity contribution in [3.63, 3.8) is 0 Å². The lowest BCUT2D eigenvalue weighted by Crippen LogP contribution is -2.54. The van der Waals surface area contributed by atoms with Crippen LogP contribution in [0.3, 0.4) is 0 Å². The number of aliphatic hydroxyl groups excluding tert-OH is 1. The Hall–Kier alpha value is -3.59. The van der Waals surface area contributed by atoms with Gasteiger partial charge >= 0.3 is 6.09 Å². The number of benzene rings is 1. The van der Waals surface area contributed by atoms with Crippen molar-refractivity contribution in [1.29, 1.82) is 0 Å². The molecule has 0 radical (unpaired) electrons. The number of nitrogens with zero attached hydrogens (tertiary/aromatic N) is 3. The van der Waals surface area contributed by atoms with Crippen LogP contribution in [0.4, 0.5) is 10.5 Å². The topological polar surface area (TPSA) is 120 Å². The van der Waals surface area contributed by atoms with Crippen LogP contribution >= 0.6 is 0 Å². The number of carboxylic acid groups (broad SMARTS) is 1. The Bertz CT molecular complexity index is 1200. The number of amides is 2. The zero-order chi connectivity index (χ0) is 25.2. The number of hydrogen-bond acceptors (Lipinski definition) is 5. The van der Waals surface area contributed by atoms with Crippen molar-refractivity contribution in [3.05, 3.63) is 54.4 Å². The number of aliphatic hydroxyl groups is 1. The minimum absolute atomic E-state index is 0.0552. The standard InChI is InChI=1S/C26H33N5O4/c1-26(2,3)22-15-19(9-12-31(22)25(34)35)29-20-5-7-23(28-16-20)30-11-8-17-14-18(4-6-21(17)30)24(33)27-10-13-32/h4-8,11,14,16,19,22,29,32H,9-10,12-13,15H2,1-3H3,(H,27,33)(H,34,35). The highest BCUT2D eigenvalue weighted by atomic mass is 16.4. The molecule has 4 rings (SSSR count). The lowest BCUT2D eigenvalue weighted by molar-refractivity contribution is 0.0557. The van der Waals surface area contributed by atoms with Crippen LogP contribution in [0.2, 0.25) is 0 Å². The van der Waals surface area contributed by atoms with Crippen LogP contribution in [0.25, 0.3) is 16.7 Å². The molecule has 0 aliphatic carbocycles.